The molecule has 5 rings (SSSR count). The largest absolute Gasteiger partial charge is 0.336 e. The van der Waals surface area contributed by atoms with Crippen LogP contribution in [0.4, 0.5) is 11.4 Å². The van der Waals surface area contributed by atoms with Crippen molar-refractivity contribution in [2.75, 3.05) is 16.3 Å². The maximum Gasteiger partial charge on any atom is 0.282 e. The fourth-order valence-corrected chi connectivity index (χ4v) is 4.81. The van der Waals surface area contributed by atoms with E-state index in [-0.39, 0.29) is 11.8 Å². The predicted octanol–water partition coefficient (Wildman–Crippen LogP) is 5.61. The predicted molar refractivity (Wildman–Crippen MR) is 129 cm³/mol. The Hall–Kier alpha value is -3.37. The van der Waals surface area contributed by atoms with Gasteiger partial charge in [-0.3, -0.25) is 9.59 Å². The van der Waals surface area contributed by atoms with E-state index in [9.17, 15) is 9.59 Å². The second-order valence-electron chi connectivity index (χ2n) is 8.45. The van der Waals surface area contributed by atoms with E-state index in [0.717, 1.165) is 34.4 Å². The molecule has 0 atom stereocenters. The highest BCUT2D eigenvalue weighted by Crippen LogP contribution is 2.41. The van der Waals surface area contributed by atoms with Crippen molar-refractivity contribution in [1.82, 2.24) is 0 Å². The molecule has 0 fully saturated rings. The summed E-state index contributed by atoms with van der Waals surface area (Å²) in [5.74, 6) is -0.636. The van der Waals surface area contributed by atoms with E-state index in [1.165, 1.54) is 10.5 Å². The molecule has 2 amide bonds. The van der Waals surface area contributed by atoms with Crippen LogP contribution in [0.3, 0.4) is 0 Å². The molecule has 0 bridgehead atoms. The Kier molecular flexibility index (Phi) is 4.90. The lowest BCUT2D eigenvalue weighted by molar-refractivity contribution is -0.120. The zero-order chi connectivity index (χ0) is 22.6. The van der Waals surface area contributed by atoms with Crippen LogP contribution < -0.4 is 9.80 Å². The Morgan fingerprint density at radius 2 is 1.62 bits per heavy atom. The van der Waals surface area contributed by atoms with Gasteiger partial charge in [0.15, 0.2) is 0 Å². The van der Waals surface area contributed by atoms with Gasteiger partial charge in [0.05, 0.1) is 11.3 Å². The molecule has 5 heteroatoms. The maximum absolute atomic E-state index is 13.8. The average Bonchev–Trinajstić information content (AvgIpc) is 3.29. The van der Waals surface area contributed by atoms with Gasteiger partial charge in [-0.2, -0.15) is 0 Å². The van der Waals surface area contributed by atoms with Crippen molar-refractivity contribution < 1.29 is 9.59 Å². The Morgan fingerprint density at radius 1 is 0.844 bits per heavy atom. The maximum atomic E-state index is 13.8. The molecular weight excluding hydrogens is 420 g/mol. The van der Waals surface area contributed by atoms with Crippen LogP contribution in [-0.4, -0.2) is 18.4 Å². The van der Waals surface area contributed by atoms with Crippen LogP contribution in [0.5, 0.6) is 0 Å². The van der Waals surface area contributed by atoms with Gasteiger partial charge in [0.2, 0.25) is 0 Å². The van der Waals surface area contributed by atoms with E-state index in [4.69, 9.17) is 11.6 Å². The first-order chi connectivity index (χ1) is 15.4. The highest BCUT2D eigenvalue weighted by Gasteiger charge is 2.44. The van der Waals surface area contributed by atoms with Crippen molar-refractivity contribution in [3.05, 3.63) is 99.2 Å². The average molecular weight is 443 g/mol. The number of rotatable bonds is 3. The zero-order valence-corrected chi connectivity index (χ0v) is 19.0. The number of imide groups is 1. The summed E-state index contributed by atoms with van der Waals surface area (Å²) in [4.78, 5) is 30.9. The van der Waals surface area contributed by atoms with E-state index in [1.54, 1.807) is 12.1 Å². The number of hydrogen-bond acceptors (Lipinski definition) is 3. The van der Waals surface area contributed by atoms with E-state index in [2.05, 4.69) is 6.07 Å². The van der Waals surface area contributed by atoms with Crippen LogP contribution in [0, 0.1) is 20.8 Å². The van der Waals surface area contributed by atoms with Crippen molar-refractivity contribution >= 4 is 40.4 Å². The van der Waals surface area contributed by atoms with Gasteiger partial charge < -0.3 is 4.90 Å². The Labute approximate surface area is 192 Å². The van der Waals surface area contributed by atoms with Crippen LogP contribution in [0.25, 0.3) is 5.57 Å². The molecule has 2 heterocycles. The van der Waals surface area contributed by atoms with Crippen molar-refractivity contribution in [2.45, 2.75) is 27.2 Å². The number of para-hydroxylation sites is 1. The van der Waals surface area contributed by atoms with Crippen molar-refractivity contribution in [3.63, 3.8) is 0 Å². The molecule has 3 aromatic rings. The summed E-state index contributed by atoms with van der Waals surface area (Å²) < 4.78 is 0. The van der Waals surface area contributed by atoms with Gasteiger partial charge >= 0.3 is 0 Å². The smallest absolute Gasteiger partial charge is 0.282 e. The summed E-state index contributed by atoms with van der Waals surface area (Å²) in [5.41, 5.74) is 7.28. The molecule has 3 aromatic carbocycles. The summed E-state index contributed by atoms with van der Waals surface area (Å²) in [6.45, 7) is 6.55. The molecule has 0 saturated heterocycles. The Bertz CT molecular complexity index is 1320. The lowest BCUT2D eigenvalue weighted by Gasteiger charge is -2.22. The number of amides is 2. The van der Waals surface area contributed by atoms with Gasteiger partial charge in [-0.1, -0.05) is 59.6 Å². The third-order valence-corrected chi connectivity index (χ3v) is 6.69. The van der Waals surface area contributed by atoms with Gasteiger partial charge in [0.25, 0.3) is 11.8 Å². The molecule has 0 aliphatic carbocycles. The number of hydrogen-bond donors (Lipinski definition) is 0. The molecule has 0 aromatic heterocycles. The summed E-state index contributed by atoms with van der Waals surface area (Å²) in [6.07, 6.45) is 0.831. The van der Waals surface area contributed by atoms with E-state index < -0.39 is 0 Å². The first-order valence-electron chi connectivity index (χ1n) is 10.7. The number of nitrogens with zero attached hydrogens (tertiary/aromatic N) is 2. The molecule has 160 valence electrons. The van der Waals surface area contributed by atoms with Gasteiger partial charge in [-0.15, -0.1) is 0 Å². The van der Waals surface area contributed by atoms with Crippen LogP contribution in [0.15, 0.2) is 66.4 Å². The van der Waals surface area contributed by atoms with Crippen molar-refractivity contribution in [3.8, 4) is 0 Å². The number of benzene rings is 3. The second kappa shape index (κ2) is 7.64. The van der Waals surface area contributed by atoms with Crippen molar-refractivity contribution in [2.24, 2.45) is 0 Å². The minimum atomic E-state index is -0.318. The first-order valence-corrected chi connectivity index (χ1v) is 11.1. The van der Waals surface area contributed by atoms with E-state index >= 15 is 0 Å². The molecular formula is C27H23ClN2O2. The molecule has 2 aliphatic rings. The van der Waals surface area contributed by atoms with Gasteiger partial charge in [0, 0.05) is 17.3 Å². The minimum Gasteiger partial charge on any atom is -0.336 e. The van der Waals surface area contributed by atoms with E-state index in [1.807, 2.05) is 68.1 Å². The number of aryl methyl sites for hydroxylation is 3. The number of anilines is 2. The summed E-state index contributed by atoms with van der Waals surface area (Å²) in [6, 6.07) is 19.3. The minimum absolute atomic E-state index is 0.318. The summed E-state index contributed by atoms with van der Waals surface area (Å²) in [7, 11) is 0. The molecule has 0 radical (unpaired) electrons. The fourth-order valence-electron chi connectivity index (χ4n) is 4.63. The van der Waals surface area contributed by atoms with Crippen LogP contribution in [0.2, 0.25) is 5.02 Å². The third kappa shape index (κ3) is 3.14. The van der Waals surface area contributed by atoms with Gasteiger partial charge in [-0.25, -0.2) is 4.90 Å². The first kappa shape index (κ1) is 20.5. The zero-order valence-electron chi connectivity index (χ0n) is 18.3. The molecule has 0 unspecified atom stereocenters. The summed E-state index contributed by atoms with van der Waals surface area (Å²) >= 11 is 6.34. The lowest BCUT2D eigenvalue weighted by Crippen LogP contribution is -2.34. The monoisotopic (exact) mass is 442 g/mol. The highest BCUT2D eigenvalue weighted by atomic mass is 35.5. The standard InChI is InChI=1S/C27H23ClN2O2/c1-16-8-11-21(18(3)14-16)24-25(29-13-12-19-6-4-5-7-23(19)29)27(32)30(26(24)31)20-10-9-17(2)22(28)15-20/h4-11,14-15H,12-13H2,1-3H3. The molecule has 0 spiro atoms. The quantitative estimate of drug-likeness (QED) is 0.495. The Morgan fingerprint density at radius 3 is 2.38 bits per heavy atom. The summed E-state index contributed by atoms with van der Waals surface area (Å²) in [5, 5.41) is 0.524. The van der Waals surface area contributed by atoms with Crippen LogP contribution in [0.1, 0.15) is 27.8 Å². The number of fused-ring (bicyclic) bond motifs is 1. The topological polar surface area (TPSA) is 40.6 Å². The normalized spacial score (nSPS) is 15.8. The number of carbonyl (C=O) groups is 2. The SMILES string of the molecule is Cc1ccc(C2=C(N3CCc4ccccc43)C(=O)N(c3ccc(C)c(Cl)c3)C2=O)c(C)c1. The highest BCUT2D eigenvalue weighted by molar-refractivity contribution is 6.46. The molecule has 0 saturated carbocycles. The molecule has 2 aliphatic heterocycles. The fraction of sp³-hybridized carbons (Fsp3) is 0.185. The van der Waals surface area contributed by atoms with Crippen LogP contribution in [-0.2, 0) is 16.0 Å². The molecule has 4 nitrogen and oxygen atoms in total. The Balaban J connectivity index is 1.71. The third-order valence-electron chi connectivity index (χ3n) is 6.28. The number of halogens is 1. The van der Waals surface area contributed by atoms with Crippen molar-refractivity contribution in [1.29, 1.82) is 0 Å². The lowest BCUT2D eigenvalue weighted by atomic mass is 9.97. The molecule has 0 N–H and O–H groups in total. The van der Waals surface area contributed by atoms with E-state index in [0.29, 0.717) is 28.5 Å². The second-order valence-corrected chi connectivity index (χ2v) is 8.86. The van der Waals surface area contributed by atoms with Gasteiger partial charge in [-0.05, 0) is 67.6 Å². The molecule has 32 heavy (non-hydrogen) atoms. The number of carbonyl (C=O) groups excluding carboxylic acids is 2. The van der Waals surface area contributed by atoms with Gasteiger partial charge in [0.1, 0.15) is 5.70 Å². The van der Waals surface area contributed by atoms with Crippen LogP contribution >= 0.6 is 11.6 Å².